The van der Waals surface area contributed by atoms with E-state index in [2.05, 4.69) is 10.6 Å². The molecule has 1 rings (SSSR count). The Morgan fingerprint density at radius 1 is 0.870 bits per heavy atom. The third kappa shape index (κ3) is 8.70. The predicted octanol–water partition coefficient (Wildman–Crippen LogP) is 4.06. The number of carbonyl (C=O) groups excluding carboxylic acids is 2. The Labute approximate surface area is 137 Å². The Balaban J connectivity index is 2.48. The van der Waals surface area contributed by atoms with Gasteiger partial charge in [0.2, 0.25) is 0 Å². The maximum atomic E-state index is 11.7. The van der Waals surface area contributed by atoms with Crippen molar-refractivity contribution >= 4 is 17.9 Å². The number of anilines is 1. The molecule has 0 aromatic heterocycles. The molecule has 0 saturated heterocycles. The van der Waals surface area contributed by atoms with Crippen molar-refractivity contribution < 1.29 is 19.1 Å². The molecule has 0 aliphatic heterocycles. The van der Waals surface area contributed by atoms with Crippen molar-refractivity contribution in [3.05, 3.63) is 29.8 Å². The molecule has 0 radical (unpaired) electrons. The molecule has 0 saturated carbocycles. The average molecular weight is 322 g/mol. The minimum Gasteiger partial charge on any atom is -0.444 e. The van der Waals surface area contributed by atoms with Gasteiger partial charge in [0.1, 0.15) is 11.2 Å². The number of nitrogens with one attached hydrogen (secondary N) is 2. The van der Waals surface area contributed by atoms with Gasteiger partial charge in [0.25, 0.3) is 0 Å². The van der Waals surface area contributed by atoms with E-state index < -0.39 is 23.4 Å². The van der Waals surface area contributed by atoms with Crippen molar-refractivity contribution in [3.63, 3.8) is 0 Å². The summed E-state index contributed by atoms with van der Waals surface area (Å²) in [6.07, 6.45) is -0.967. The van der Waals surface area contributed by atoms with Gasteiger partial charge >= 0.3 is 12.2 Å². The van der Waals surface area contributed by atoms with Crippen LogP contribution in [0.15, 0.2) is 24.3 Å². The number of hydrogen-bond donors (Lipinski definition) is 2. The van der Waals surface area contributed by atoms with Crippen LogP contribution in [0, 0.1) is 0 Å². The van der Waals surface area contributed by atoms with Crippen molar-refractivity contribution in [2.24, 2.45) is 0 Å². The number of benzene rings is 1. The van der Waals surface area contributed by atoms with Gasteiger partial charge < -0.3 is 14.8 Å². The van der Waals surface area contributed by atoms with Gasteiger partial charge in [-0.25, -0.2) is 9.59 Å². The molecule has 1 aromatic rings. The first kappa shape index (κ1) is 18.8. The second-order valence-electron chi connectivity index (χ2n) is 7.18. The van der Waals surface area contributed by atoms with E-state index in [4.69, 9.17) is 9.47 Å². The molecular formula is C17H26N2O4. The Morgan fingerprint density at radius 2 is 1.35 bits per heavy atom. The molecule has 0 spiro atoms. The van der Waals surface area contributed by atoms with Gasteiger partial charge in [-0.3, -0.25) is 5.32 Å². The number of hydrogen-bond acceptors (Lipinski definition) is 4. The number of ether oxygens (including phenoxy) is 2. The minimum atomic E-state index is -0.540. The summed E-state index contributed by atoms with van der Waals surface area (Å²) in [6, 6.07) is 7.11. The zero-order valence-corrected chi connectivity index (χ0v) is 14.6. The maximum absolute atomic E-state index is 11.7. The van der Waals surface area contributed by atoms with Gasteiger partial charge in [0, 0.05) is 12.2 Å². The van der Waals surface area contributed by atoms with Gasteiger partial charge in [-0.05, 0) is 59.2 Å². The van der Waals surface area contributed by atoms with Crippen molar-refractivity contribution in [1.29, 1.82) is 0 Å². The summed E-state index contributed by atoms with van der Waals surface area (Å²) in [7, 11) is 0. The normalized spacial score (nSPS) is 11.6. The van der Waals surface area contributed by atoms with Gasteiger partial charge in [-0.15, -0.1) is 0 Å². The summed E-state index contributed by atoms with van der Waals surface area (Å²) in [4.78, 5) is 23.2. The molecule has 1 aromatic carbocycles. The zero-order valence-electron chi connectivity index (χ0n) is 14.6. The van der Waals surface area contributed by atoms with Gasteiger partial charge in [-0.2, -0.15) is 0 Å². The first-order chi connectivity index (χ1) is 10.4. The summed E-state index contributed by atoms with van der Waals surface area (Å²) in [6.45, 7) is 11.2. The van der Waals surface area contributed by atoms with Gasteiger partial charge in [-0.1, -0.05) is 12.1 Å². The Morgan fingerprint density at radius 3 is 1.83 bits per heavy atom. The highest BCUT2D eigenvalue weighted by atomic mass is 16.6. The molecule has 0 unspecified atom stereocenters. The molecule has 0 bridgehead atoms. The largest absolute Gasteiger partial charge is 0.444 e. The topological polar surface area (TPSA) is 76.7 Å². The zero-order chi connectivity index (χ0) is 17.7. The Bertz CT molecular complexity index is 539. The average Bonchev–Trinajstić information content (AvgIpc) is 2.33. The highest BCUT2D eigenvalue weighted by Gasteiger charge is 2.17. The highest BCUT2D eigenvalue weighted by Crippen LogP contribution is 2.13. The molecule has 2 N–H and O–H groups in total. The summed E-state index contributed by atoms with van der Waals surface area (Å²) >= 11 is 0. The highest BCUT2D eigenvalue weighted by molar-refractivity contribution is 5.84. The SMILES string of the molecule is CC(C)(C)OC(=O)NCc1ccc(NC(=O)OC(C)(C)C)cc1. The van der Waals surface area contributed by atoms with E-state index >= 15 is 0 Å². The standard InChI is InChI=1S/C17H26N2O4/c1-16(2,3)22-14(20)18-11-12-7-9-13(10-8-12)19-15(21)23-17(4,5)6/h7-10H,11H2,1-6H3,(H,18,20)(H,19,21). The Hall–Kier alpha value is -2.24. The van der Waals surface area contributed by atoms with Crippen LogP contribution in [0.5, 0.6) is 0 Å². The lowest BCUT2D eigenvalue weighted by Crippen LogP contribution is -2.32. The van der Waals surface area contributed by atoms with Crippen LogP contribution >= 0.6 is 0 Å². The smallest absolute Gasteiger partial charge is 0.412 e. The number of carbonyl (C=O) groups is 2. The summed E-state index contributed by atoms with van der Waals surface area (Å²) in [5.41, 5.74) is 0.456. The van der Waals surface area contributed by atoms with E-state index in [9.17, 15) is 9.59 Å². The summed E-state index contributed by atoms with van der Waals surface area (Å²) in [5.74, 6) is 0. The number of rotatable bonds is 3. The first-order valence-corrected chi connectivity index (χ1v) is 7.50. The van der Waals surface area contributed by atoms with Crippen LogP contribution in [0.3, 0.4) is 0 Å². The van der Waals surface area contributed by atoms with E-state index in [1.807, 2.05) is 32.9 Å². The second kappa shape index (κ2) is 7.35. The maximum Gasteiger partial charge on any atom is 0.412 e. The third-order valence-electron chi connectivity index (χ3n) is 2.43. The van der Waals surface area contributed by atoms with Crippen LogP contribution in [-0.4, -0.2) is 23.4 Å². The molecule has 6 nitrogen and oxygen atoms in total. The van der Waals surface area contributed by atoms with Gasteiger partial charge in [0.15, 0.2) is 0 Å². The third-order valence-corrected chi connectivity index (χ3v) is 2.43. The van der Waals surface area contributed by atoms with Crippen molar-refractivity contribution in [3.8, 4) is 0 Å². The molecule has 0 fully saturated rings. The summed E-state index contributed by atoms with van der Waals surface area (Å²) < 4.78 is 10.3. The van der Waals surface area contributed by atoms with Crippen LogP contribution < -0.4 is 10.6 Å². The van der Waals surface area contributed by atoms with E-state index in [0.717, 1.165) is 5.56 Å². The fourth-order valence-corrected chi connectivity index (χ4v) is 1.62. The molecule has 0 aliphatic carbocycles. The van der Waals surface area contributed by atoms with E-state index in [1.54, 1.807) is 32.9 Å². The van der Waals surface area contributed by atoms with E-state index in [0.29, 0.717) is 12.2 Å². The van der Waals surface area contributed by atoms with Crippen molar-refractivity contribution in [1.82, 2.24) is 5.32 Å². The molecule has 6 heteroatoms. The monoisotopic (exact) mass is 322 g/mol. The number of amides is 2. The lowest BCUT2D eigenvalue weighted by molar-refractivity contribution is 0.0522. The second-order valence-corrected chi connectivity index (χ2v) is 7.18. The number of alkyl carbamates (subject to hydrolysis) is 1. The predicted molar refractivity (Wildman–Crippen MR) is 89.4 cm³/mol. The lowest BCUT2D eigenvalue weighted by atomic mass is 10.2. The molecule has 128 valence electrons. The molecule has 0 heterocycles. The lowest BCUT2D eigenvalue weighted by Gasteiger charge is -2.20. The molecule has 0 atom stereocenters. The van der Waals surface area contributed by atoms with E-state index in [-0.39, 0.29) is 0 Å². The van der Waals surface area contributed by atoms with Crippen LogP contribution in [-0.2, 0) is 16.0 Å². The molecule has 2 amide bonds. The van der Waals surface area contributed by atoms with Crippen molar-refractivity contribution in [2.45, 2.75) is 59.3 Å². The van der Waals surface area contributed by atoms with Crippen LogP contribution in [0.25, 0.3) is 0 Å². The van der Waals surface area contributed by atoms with E-state index in [1.165, 1.54) is 0 Å². The van der Waals surface area contributed by atoms with Crippen LogP contribution in [0.1, 0.15) is 47.1 Å². The molecular weight excluding hydrogens is 296 g/mol. The summed E-state index contributed by atoms with van der Waals surface area (Å²) in [5, 5.41) is 5.32. The van der Waals surface area contributed by atoms with Crippen LogP contribution in [0.4, 0.5) is 15.3 Å². The minimum absolute atomic E-state index is 0.349. The quantitative estimate of drug-likeness (QED) is 0.880. The Kier molecular flexibility index (Phi) is 6.01. The van der Waals surface area contributed by atoms with Gasteiger partial charge in [0.05, 0.1) is 0 Å². The fraction of sp³-hybridized carbons (Fsp3) is 0.529. The molecule has 23 heavy (non-hydrogen) atoms. The van der Waals surface area contributed by atoms with Crippen molar-refractivity contribution in [2.75, 3.05) is 5.32 Å². The molecule has 0 aliphatic rings. The first-order valence-electron chi connectivity index (χ1n) is 7.50. The van der Waals surface area contributed by atoms with Crippen LogP contribution in [0.2, 0.25) is 0 Å². The fourth-order valence-electron chi connectivity index (χ4n) is 1.62.